The number of hydrogen-bond donors (Lipinski definition) is 0. The summed E-state index contributed by atoms with van der Waals surface area (Å²) in [5, 5.41) is 1.13. The molecule has 1 atom stereocenters. The molecule has 0 spiro atoms. The van der Waals surface area contributed by atoms with Gasteiger partial charge in [-0.25, -0.2) is 0 Å². The minimum Gasteiger partial charge on any atom is -0.278 e. The molecule has 2 aromatic carbocycles. The van der Waals surface area contributed by atoms with E-state index in [1.165, 1.54) is 6.92 Å². The third kappa shape index (κ3) is 3.80. The molecule has 0 heterocycles. The van der Waals surface area contributed by atoms with E-state index >= 15 is 0 Å². The van der Waals surface area contributed by atoms with Gasteiger partial charge in [-0.15, -0.1) is 0 Å². The number of carbonyl (C=O) groups excluding carboxylic acids is 2. The van der Waals surface area contributed by atoms with Crippen LogP contribution in [0.1, 0.15) is 42.9 Å². The molecule has 0 aromatic heterocycles. The molecule has 1 unspecified atom stereocenters. The fraction of sp³-hybridized carbons (Fsp3) is 0.263. The van der Waals surface area contributed by atoms with Gasteiger partial charge in [0.1, 0.15) is 0 Å². The lowest BCUT2D eigenvalue weighted by molar-refractivity contribution is -0.120. The second-order valence-corrected chi connectivity index (χ2v) is 6.53. The normalized spacial score (nSPS) is 11.9. The quantitative estimate of drug-likeness (QED) is 0.671. The third-order valence-corrected chi connectivity index (χ3v) is 4.57. The second-order valence-electron chi connectivity index (χ2n) is 5.66. The van der Waals surface area contributed by atoms with E-state index in [1.807, 2.05) is 31.2 Å². The SMILES string of the molecule is CCC(c1cc(Cl)ccc1C)c1ccc(Cl)cc1N(C=O)C(C)=O. The summed E-state index contributed by atoms with van der Waals surface area (Å²) in [4.78, 5) is 24.3. The first kappa shape index (κ1) is 18.5. The number of carbonyl (C=O) groups is 2. The van der Waals surface area contributed by atoms with Crippen molar-refractivity contribution in [1.82, 2.24) is 0 Å². The first-order valence-corrected chi connectivity index (χ1v) is 8.45. The van der Waals surface area contributed by atoms with E-state index < -0.39 is 0 Å². The molecule has 5 heteroatoms. The molecular weight excluding hydrogens is 345 g/mol. The van der Waals surface area contributed by atoms with Gasteiger partial charge >= 0.3 is 0 Å². The van der Waals surface area contributed by atoms with E-state index in [0.717, 1.165) is 28.0 Å². The lowest BCUT2D eigenvalue weighted by Gasteiger charge is -2.25. The van der Waals surface area contributed by atoms with E-state index in [-0.39, 0.29) is 11.8 Å². The average Bonchev–Trinajstić information content (AvgIpc) is 2.53. The van der Waals surface area contributed by atoms with Crippen molar-refractivity contribution in [3.63, 3.8) is 0 Å². The summed E-state index contributed by atoms with van der Waals surface area (Å²) in [5.74, 6) is -0.357. The third-order valence-electron chi connectivity index (χ3n) is 4.10. The first-order valence-electron chi connectivity index (χ1n) is 7.69. The molecule has 2 rings (SSSR count). The lowest BCUT2D eigenvalue weighted by Crippen LogP contribution is -2.28. The van der Waals surface area contributed by atoms with Gasteiger partial charge in [-0.2, -0.15) is 0 Å². The van der Waals surface area contributed by atoms with Gasteiger partial charge in [0.15, 0.2) is 0 Å². The molecule has 24 heavy (non-hydrogen) atoms. The maximum absolute atomic E-state index is 11.8. The predicted molar refractivity (Wildman–Crippen MR) is 99.0 cm³/mol. The van der Waals surface area contributed by atoms with Crippen molar-refractivity contribution >= 4 is 41.2 Å². The van der Waals surface area contributed by atoms with Gasteiger partial charge in [-0.1, -0.05) is 42.3 Å². The highest BCUT2D eigenvalue weighted by Gasteiger charge is 2.23. The van der Waals surface area contributed by atoms with Crippen molar-refractivity contribution < 1.29 is 9.59 Å². The number of amides is 2. The predicted octanol–water partition coefficient (Wildman–Crippen LogP) is 5.35. The second kappa shape index (κ2) is 7.82. The van der Waals surface area contributed by atoms with Crippen LogP contribution in [0.3, 0.4) is 0 Å². The maximum Gasteiger partial charge on any atom is 0.230 e. The van der Waals surface area contributed by atoms with Crippen molar-refractivity contribution in [2.45, 2.75) is 33.1 Å². The molecule has 0 bridgehead atoms. The van der Waals surface area contributed by atoms with Crippen molar-refractivity contribution in [1.29, 1.82) is 0 Å². The van der Waals surface area contributed by atoms with E-state index in [0.29, 0.717) is 22.1 Å². The summed E-state index contributed by atoms with van der Waals surface area (Å²) in [6.45, 7) is 5.43. The fourth-order valence-corrected chi connectivity index (χ4v) is 3.26. The Hall–Kier alpha value is -1.84. The summed E-state index contributed by atoms with van der Waals surface area (Å²) < 4.78 is 0. The van der Waals surface area contributed by atoms with Crippen LogP contribution in [0, 0.1) is 6.92 Å². The minimum absolute atomic E-state index is 0.00207. The number of halogens is 2. The van der Waals surface area contributed by atoms with Crippen LogP contribution >= 0.6 is 23.2 Å². The highest BCUT2D eigenvalue weighted by molar-refractivity contribution is 6.31. The molecule has 0 N–H and O–H groups in total. The Kier molecular flexibility index (Phi) is 6.03. The number of anilines is 1. The van der Waals surface area contributed by atoms with Gasteiger partial charge < -0.3 is 0 Å². The molecule has 0 aliphatic carbocycles. The summed E-state index contributed by atoms with van der Waals surface area (Å²) >= 11 is 12.3. The van der Waals surface area contributed by atoms with E-state index in [9.17, 15) is 9.59 Å². The molecule has 0 aliphatic rings. The maximum atomic E-state index is 11.8. The van der Waals surface area contributed by atoms with Crippen LogP contribution in [-0.4, -0.2) is 12.3 Å². The van der Waals surface area contributed by atoms with Crippen LogP contribution < -0.4 is 4.90 Å². The molecule has 3 nitrogen and oxygen atoms in total. The smallest absolute Gasteiger partial charge is 0.230 e. The Morgan fingerprint density at radius 1 is 1.12 bits per heavy atom. The Bertz CT molecular complexity index is 774. The molecule has 0 saturated carbocycles. The molecular formula is C19H19Cl2NO2. The van der Waals surface area contributed by atoms with Crippen LogP contribution in [0.5, 0.6) is 0 Å². The highest BCUT2D eigenvalue weighted by atomic mass is 35.5. The highest BCUT2D eigenvalue weighted by Crippen LogP contribution is 2.38. The van der Waals surface area contributed by atoms with Gasteiger partial charge in [0.2, 0.25) is 12.3 Å². The Morgan fingerprint density at radius 3 is 2.33 bits per heavy atom. The number of rotatable bonds is 5. The Balaban J connectivity index is 2.66. The van der Waals surface area contributed by atoms with Crippen LogP contribution in [0.4, 0.5) is 5.69 Å². The molecule has 0 saturated heterocycles. The van der Waals surface area contributed by atoms with Crippen LogP contribution in [0.25, 0.3) is 0 Å². The zero-order chi connectivity index (χ0) is 17.9. The summed E-state index contributed by atoms with van der Waals surface area (Å²) in [6.07, 6.45) is 1.31. The zero-order valence-electron chi connectivity index (χ0n) is 13.8. The largest absolute Gasteiger partial charge is 0.278 e. The van der Waals surface area contributed by atoms with Crippen molar-refractivity contribution in [3.05, 3.63) is 63.1 Å². The molecule has 0 fully saturated rings. The van der Waals surface area contributed by atoms with Gasteiger partial charge in [0.25, 0.3) is 0 Å². The van der Waals surface area contributed by atoms with Crippen molar-refractivity contribution in [3.8, 4) is 0 Å². The number of nitrogens with zero attached hydrogens (tertiary/aromatic N) is 1. The van der Waals surface area contributed by atoms with Crippen LogP contribution in [0.2, 0.25) is 10.0 Å². The van der Waals surface area contributed by atoms with Crippen molar-refractivity contribution in [2.24, 2.45) is 0 Å². The average molecular weight is 364 g/mol. The van der Waals surface area contributed by atoms with E-state index in [4.69, 9.17) is 23.2 Å². The minimum atomic E-state index is -0.355. The summed E-state index contributed by atoms with van der Waals surface area (Å²) in [6, 6.07) is 11.0. The van der Waals surface area contributed by atoms with Crippen LogP contribution in [0.15, 0.2) is 36.4 Å². The first-order chi connectivity index (χ1) is 11.4. The summed E-state index contributed by atoms with van der Waals surface area (Å²) in [7, 11) is 0. The standard InChI is InChI=1S/C19H19Cl2NO2/c1-4-16(18-9-14(20)6-5-12(18)2)17-8-7-15(21)10-19(17)22(11-23)13(3)24/h5-11,16H,4H2,1-3H3. The Labute approximate surface area is 152 Å². The lowest BCUT2D eigenvalue weighted by atomic mass is 9.85. The molecule has 126 valence electrons. The number of hydrogen-bond acceptors (Lipinski definition) is 2. The van der Waals surface area contributed by atoms with E-state index in [2.05, 4.69) is 6.92 Å². The fourth-order valence-electron chi connectivity index (χ4n) is 2.91. The molecule has 0 aliphatic heterocycles. The number of aryl methyl sites for hydroxylation is 1. The number of benzene rings is 2. The topological polar surface area (TPSA) is 37.4 Å². The molecule has 0 radical (unpaired) electrons. The zero-order valence-corrected chi connectivity index (χ0v) is 15.4. The monoisotopic (exact) mass is 363 g/mol. The van der Waals surface area contributed by atoms with E-state index in [1.54, 1.807) is 12.1 Å². The van der Waals surface area contributed by atoms with Gasteiger partial charge in [-0.05, 0) is 54.3 Å². The van der Waals surface area contributed by atoms with Crippen molar-refractivity contribution in [2.75, 3.05) is 4.90 Å². The number of imide groups is 1. The van der Waals surface area contributed by atoms with Gasteiger partial charge in [0, 0.05) is 22.9 Å². The molecule has 2 amide bonds. The van der Waals surface area contributed by atoms with Gasteiger partial charge in [0.05, 0.1) is 5.69 Å². The summed E-state index contributed by atoms with van der Waals surface area (Å²) in [5.41, 5.74) is 3.56. The Morgan fingerprint density at radius 2 is 1.75 bits per heavy atom. The van der Waals surface area contributed by atoms with Gasteiger partial charge in [-0.3, -0.25) is 14.5 Å². The molecule has 2 aromatic rings. The van der Waals surface area contributed by atoms with Crippen LogP contribution in [-0.2, 0) is 9.59 Å².